The maximum Gasteiger partial charge on any atom is 0.136 e. The van der Waals surface area contributed by atoms with Crippen LogP contribution in [0.2, 0.25) is 0 Å². The summed E-state index contributed by atoms with van der Waals surface area (Å²) in [7, 11) is 0. The number of benzene rings is 2. The molecule has 0 radical (unpaired) electrons. The molecule has 2 nitrogen and oxygen atoms in total. The molecule has 3 rings (SSSR count). The molecule has 0 saturated carbocycles. The third kappa shape index (κ3) is 2.13. The van der Waals surface area contributed by atoms with E-state index in [1.807, 2.05) is 72.9 Å². The van der Waals surface area contributed by atoms with Gasteiger partial charge < -0.3 is 9.72 Å². The summed E-state index contributed by atoms with van der Waals surface area (Å²) in [4.78, 5) is 3.20. The molecule has 3 aromatic rings. The van der Waals surface area contributed by atoms with Crippen LogP contribution in [0, 0.1) is 0 Å². The van der Waals surface area contributed by atoms with Gasteiger partial charge in [-0.25, -0.2) is 0 Å². The number of para-hydroxylation sites is 2. The van der Waals surface area contributed by atoms with Crippen molar-refractivity contribution in [3.63, 3.8) is 0 Å². The lowest BCUT2D eigenvalue weighted by Crippen LogP contribution is -1.87. The number of aromatic amines is 1. The van der Waals surface area contributed by atoms with E-state index in [1.165, 1.54) is 0 Å². The Morgan fingerprint density at radius 3 is 2.28 bits per heavy atom. The first-order valence-corrected chi connectivity index (χ1v) is 5.89. The van der Waals surface area contributed by atoms with Crippen molar-refractivity contribution in [1.82, 2.24) is 4.98 Å². The predicted octanol–water partition coefficient (Wildman–Crippen LogP) is 4.47. The second kappa shape index (κ2) is 4.80. The van der Waals surface area contributed by atoms with Gasteiger partial charge in [-0.2, -0.15) is 0 Å². The Balaban J connectivity index is 1.98. The van der Waals surface area contributed by atoms with Gasteiger partial charge in [-0.15, -0.1) is 0 Å². The SMILES string of the molecule is c1ccc(Oc2ccccc2-c2ccc[nH]2)cc1. The summed E-state index contributed by atoms with van der Waals surface area (Å²) >= 11 is 0. The summed E-state index contributed by atoms with van der Waals surface area (Å²) in [6.45, 7) is 0. The monoisotopic (exact) mass is 235 g/mol. The molecule has 0 aliphatic rings. The molecule has 1 N–H and O–H groups in total. The number of hydrogen-bond acceptors (Lipinski definition) is 1. The first-order chi connectivity index (χ1) is 8.93. The zero-order valence-corrected chi connectivity index (χ0v) is 9.84. The van der Waals surface area contributed by atoms with Crippen molar-refractivity contribution in [2.75, 3.05) is 0 Å². The summed E-state index contributed by atoms with van der Waals surface area (Å²) in [5.41, 5.74) is 2.12. The van der Waals surface area contributed by atoms with Crippen molar-refractivity contribution in [3.8, 4) is 22.8 Å². The largest absolute Gasteiger partial charge is 0.457 e. The van der Waals surface area contributed by atoms with Crippen LogP contribution >= 0.6 is 0 Å². The van der Waals surface area contributed by atoms with Gasteiger partial charge >= 0.3 is 0 Å². The van der Waals surface area contributed by atoms with E-state index in [2.05, 4.69) is 4.98 Å². The Bertz CT molecular complexity index is 615. The molecule has 0 fully saturated rings. The van der Waals surface area contributed by atoms with E-state index in [1.54, 1.807) is 0 Å². The van der Waals surface area contributed by atoms with Gasteiger partial charge in [0.2, 0.25) is 0 Å². The third-order valence-corrected chi connectivity index (χ3v) is 2.75. The third-order valence-electron chi connectivity index (χ3n) is 2.75. The van der Waals surface area contributed by atoms with Gasteiger partial charge in [-0.05, 0) is 36.4 Å². The van der Waals surface area contributed by atoms with E-state index < -0.39 is 0 Å². The Morgan fingerprint density at radius 1 is 0.722 bits per heavy atom. The molecular weight excluding hydrogens is 222 g/mol. The second-order valence-corrected chi connectivity index (χ2v) is 4.00. The van der Waals surface area contributed by atoms with Crippen LogP contribution in [-0.2, 0) is 0 Å². The minimum absolute atomic E-state index is 0.844. The van der Waals surface area contributed by atoms with Gasteiger partial charge in [0.1, 0.15) is 11.5 Å². The Morgan fingerprint density at radius 2 is 1.50 bits per heavy atom. The number of rotatable bonds is 3. The van der Waals surface area contributed by atoms with Crippen LogP contribution in [0.4, 0.5) is 0 Å². The van der Waals surface area contributed by atoms with E-state index in [0.717, 1.165) is 22.8 Å². The normalized spacial score (nSPS) is 10.2. The predicted molar refractivity (Wildman–Crippen MR) is 72.7 cm³/mol. The molecule has 0 atom stereocenters. The standard InChI is InChI=1S/C16H13NO/c1-2-7-13(8-3-1)18-16-11-5-4-9-14(16)15-10-6-12-17-15/h1-12,17H. The fraction of sp³-hybridized carbons (Fsp3) is 0. The highest BCUT2D eigenvalue weighted by atomic mass is 16.5. The molecule has 0 saturated heterocycles. The molecule has 0 spiro atoms. The summed E-state index contributed by atoms with van der Waals surface area (Å²) in [5.74, 6) is 1.70. The van der Waals surface area contributed by atoms with E-state index >= 15 is 0 Å². The molecule has 0 aliphatic heterocycles. The van der Waals surface area contributed by atoms with Crippen LogP contribution in [-0.4, -0.2) is 4.98 Å². The number of hydrogen-bond donors (Lipinski definition) is 1. The van der Waals surface area contributed by atoms with Gasteiger partial charge in [0.05, 0.1) is 0 Å². The molecule has 1 heterocycles. The van der Waals surface area contributed by atoms with E-state index in [0.29, 0.717) is 0 Å². The Labute approximate surface area is 106 Å². The lowest BCUT2D eigenvalue weighted by Gasteiger charge is -2.09. The molecule has 0 bridgehead atoms. The van der Waals surface area contributed by atoms with Crippen LogP contribution in [0.25, 0.3) is 11.3 Å². The fourth-order valence-corrected chi connectivity index (χ4v) is 1.89. The second-order valence-electron chi connectivity index (χ2n) is 4.00. The van der Waals surface area contributed by atoms with Crippen LogP contribution in [0.5, 0.6) is 11.5 Å². The number of nitrogens with one attached hydrogen (secondary N) is 1. The summed E-state index contributed by atoms with van der Waals surface area (Å²) < 4.78 is 5.91. The first kappa shape index (κ1) is 10.7. The highest BCUT2D eigenvalue weighted by molar-refractivity contribution is 5.67. The molecule has 2 aromatic carbocycles. The molecule has 0 amide bonds. The van der Waals surface area contributed by atoms with Crippen molar-refractivity contribution >= 4 is 0 Å². The number of aromatic nitrogens is 1. The zero-order chi connectivity index (χ0) is 12.2. The van der Waals surface area contributed by atoms with Crippen molar-refractivity contribution < 1.29 is 4.74 Å². The molecule has 18 heavy (non-hydrogen) atoms. The van der Waals surface area contributed by atoms with Crippen LogP contribution in [0.3, 0.4) is 0 Å². The maximum atomic E-state index is 5.91. The van der Waals surface area contributed by atoms with Gasteiger partial charge in [0, 0.05) is 17.5 Å². The number of H-pyrrole nitrogens is 1. The van der Waals surface area contributed by atoms with E-state index in [-0.39, 0.29) is 0 Å². The van der Waals surface area contributed by atoms with E-state index in [9.17, 15) is 0 Å². The van der Waals surface area contributed by atoms with Crippen molar-refractivity contribution in [2.45, 2.75) is 0 Å². The minimum Gasteiger partial charge on any atom is -0.457 e. The van der Waals surface area contributed by atoms with Crippen LogP contribution in [0.1, 0.15) is 0 Å². The first-order valence-electron chi connectivity index (χ1n) is 5.89. The van der Waals surface area contributed by atoms with Gasteiger partial charge in [-0.1, -0.05) is 30.3 Å². The highest BCUT2D eigenvalue weighted by Gasteiger charge is 2.06. The topological polar surface area (TPSA) is 25.0 Å². The van der Waals surface area contributed by atoms with Gasteiger partial charge in [-0.3, -0.25) is 0 Å². The van der Waals surface area contributed by atoms with Crippen LogP contribution in [0.15, 0.2) is 72.9 Å². The Hall–Kier alpha value is -2.48. The zero-order valence-electron chi connectivity index (χ0n) is 9.84. The molecule has 88 valence electrons. The molecule has 1 aromatic heterocycles. The minimum atomic E-state index is 0.844. The van der Waals surface area contributed by atoms with E-state index in [4.69, 9.17) is 4.74 Å². The average Bonchev–Trinajstić information content (AvgIpc) is 2.94. The molecule has 0 unspecified atom stereocenters. The molecular formula is C16H13NO. The molecule has 0 aliphatic carbocycles. The number of ether oxygens (including phenoxy) is 1. The van der Waals surface area contributed by atoms with Gasteiger partial charge in [0.25, 0.3) is 0 Å². The summed E-state index contributed by atoms with van der Waals surface area (Å²) in [6.07, 6.45) is 1.91. The average molecular weight is 235 g/mol. The summed E-state index contributed by atoms with van der Waals surface area (Å²) in [5, 5.41) is 0. The van der Waals surface area contributed by atoms with Crippen molar-refractivity contribution in [1.29, 1.82) is 0 Å². The van der Waals surface area contributed by atoms with Crippen LogP contribution < -0.4 is 4.74 Å². The van der Waals surface area contributed by atoms with Crippen molar-refractivity contribution in [2.24, 2.45) is 0 Å². The Kier molecular flexibility index (Phi) is 2.84. The fourth-order valence-electron chi connectivity index (χ4n) is 1.89. The maximum absolute atomic E-state index is 5.91. The molecule has 2 heteroatoms. The smallest absolute Gasteiger partial charge is 0.136 e. The lowest BCUT2D eigenvalue weighted by atomic mass is 10.1. The van der Waals surface area contributed by atoms with Crippen molar-refractivity contribution in [3.05, 3.63) is 72.9 Å². The lowest BCUT2D eigenvalue weighted by molar-refractivity contribution is 0.484. The quantitative estimate of drug-likeness (QED) is 0.711. The van der Waals surface area contributed by atoms with Gasteiger partial charge in [0.15, 0.2) is 0 Å². The summed E-state index contributed by atoms with van der Waals surface area (Å²) in [6, 6.07) is 21.8. The highest BCUT2D eigenvalue weighted by Crippen LogP contribution is 2.31.